The Morgan fingerprint density at radius 3 is 3.04 bits per heavy atom. The second-order valence-electron chi connectivity index (χ2n) is 5.97. The molecule has 0 aromatic heterocycles. The van der Waals surface area contributed by atoms with Crippen LogP contribution in [0.3, 0.4) is 0 Å². The number of hydrogen-bond donors (Lipinski definition) is 1. The maximum absolute atomic E-state index is 12.3. The predicted octanol–water partition coefficient (Wildman–Crippen LogP) is 1.73. The molecule has 1 atom stereocenters. The van der Waals surface area contributed by atoms with Crippen LogP contribution in [0.2, 0.25) is 0 Å². The zero-order valence-electron chi connectivity index (χ0n) is 13.5. The van der Waals surface area contributed by atoms with Crippen LogP contribution in [0, 0.1) is 0 Å². The van der Waals surface area contributed by atoms with Gasteiger partial charge in [0.05, 0.1) is 11.4 Å². The van der Waals surface area contributed by atoms with Crippen LogP contribution >= 0.6 is 11.8 Å². The lowest BCUT2D eigenvalue weighted by Crippen LogP contribution is -2.46. The summed E-state index contributed by atoms with van der Waals surface area (Å²) < 4.78 is 0. The van der Waals surface area contributed by atoms with Crippen LogP contribution < -0.4 is 10.2 Å². The molecule has 124 valence electrons. The highest BCUT2D eigenvalue weighted by Gasteiger charge is 2.27. The molecule has 0 saturated carbocycles. The topological polar surface area (TPSA) is 52.7 Å². The Kier molecular flexibility index (Phi) is 5.23. The number of benzene rings is 1. The van der Waals surface area contributed by atoms with Gasteiger partial charge >= 0.3 is 0 Å². The number of nitrogens with one attached hydrogen (secondary N) is 1. The van der Waals surface area contributed by atoms with E-state index in [2.05, 4.69) is 17.1 Å². The average molecular weight is 333 g/mol. The van der Waals surface area contributed by atoms with Gasteiger partial charge in [0.15, 0.2) is 0 Å². The number of rotatable bonds is 5. The normalized spacial score (nSPS) is 21.3. The van der Waals surface area contributed by atoms with E-state index in [9.17, 15) is 9.59 Å². The standard InChI is InChI=1S/C17H23N3O2S/c1-2-19-9-5-6-13(19)10-18-16(21)11-20-14-7-3-4-8-15(14)23-12-17(20)22/h3-4,7-8,13H,2,5-6,9-12H2,1H3,(H,18,21)/t13-/m1/s1. The second kappa shape index (κ2) is 7.36. The lowest BCUT2D eigenvalue weighted by atomic mass is 10.2. The van der Waals surface area contributed by atoms with E-state index >= 15 is 0 Å². The minimum absolute atomic E-state index is 0.0000916. The van der Waals surface area contributed by atoms with Gasteiger partial charge in [0.1, 0.15) is 6.54 Å². The fourth-order valence-corrected chi connectivity index (χ4v) is 4.24. The molecule has 0 spiro atoms. The quantitative estimate of drug-likeness (QED) is 0.891. The van der Waals surface area contributed by atoms with Crippen molar-refractivity contribution in [2.24, 2.45) is 0 Å². The summed E-state index contributed by atoms with van der Waals surface area (Å²) in [6.45, 7) is 5.07. The summed E-state index contributed by atoms with van der Waals surface area (Å²) in [5, 5.41) is 3.01. The lowest BCUT2D eigenvalue weighted by molar-refractivity contribution is -0.123. The third kappa shape index (κ3) is 3.70. The zero-order chi connectivity index (χ0) is 16.2. The molecule has 1 saturated heterocycles. The number of likely N-dealkylation sites (N-methyl/N-ethyl adjacent to an activating group) is 1. The van der Waals surface area contributed by atoms with Gasteiger partial charge in [-0.15, -0.1) is 11.8 Å². The van der Waals surface area contributed by atoms with Crippen molar-refractivity contribution in [3.63, 3.8) is 0 Å². The van der Waals surface area contributed by atoms with Gasteiger partial charge in [-0.3, -0.25) is 14.5 Å². The Bertz CT molecular complexity index is 593. The van der Waals surface area contributed by atoms with Crippen LogP contribution in [0.4, 0.5) is 5.69 Å². The molecule has 2 heterocycles. The van der Waals surface area contributed by atoms with Gasteiger partial charge in [0, 0.05) is 17.5 Å². The van der Waals surface area contributed by atoms with Crippen molar-refractivity contribution in [3.8, 4) is 0 Å². The first-order valence-electron chi connectivity index (χ1n) is 8.22. The van der Waals surface area contributed by atoms with Crippen molar-refractivity contribution in [1.82, 2.24) is 10.2 Å². The molecule has 1 aromatic carbocycles. The van der Waals surface area contributed by atoms with Gasteiger partial charge in [-0.1, -0.05) is 19.1 Å². The minimum Gasteiger partial charge on any atom is -0.353 e. The summed E-state index contributed by atoms with van der Waals surface area (Å²) >= 11 is 1.54. The smallest absolute Gasteiger partial charge is 0.240 e. The number of amides is 2. The fraction of sp³-hybridized carbons (Fsp3) is 0.529. The molecule has 3 rings (SSSR count). The molecule has 1 fully saturated rings. The lowest BCUT2D eigenvalue weighted by Gasteiger charge is -2.29. The fourth-order valence-electron chi connectivity index (χ4n) is 3.30. The highest BCUT2D eigenvalue weighted by molar-refractivity contribution is 8.00. The van der Waals surface area contributed by atoms with Crippen LogP contribution in [0.25, 0.3) is 0 Å². The molecule has 5 nitrogen and oxygen atoms in total. The summed E-state index contributed by atoms with van der Waals surface area (Å²) in [4.78, 5) is 29.5. The number of anilines is 1. The van der Waals surface area contributed by atoms with Crippen molar-refractivity contribution in [2.75, 3.05) is 36.8 Å². The van der Waals surface area contributed by atoms with Crippen molar-refractivity contribution in [2.45, 2.75) is 30.7 Å². The highest BCUT2D eigenvalue weighted by atomic mass is 32.2. The van der Waals surface area contributed by atoms with E-state index in [1.807, 2.05) is 24.3 Å². The SMILES string of the molecule is CCN1CCC[C@@H]1CNC(=O)CN1C(=O)CSc2ccccc21. The Labute approximate surface area is 141 Å². The van der Waals surface area contributed by atoms with Crippen molar-refractivity contribution in [3.05, 3.63) is 24.3 Å². The van der Waals surface area contributed by atoms with Crippen LogP contribution in [-0.4, -0.2) is 54.7 Å². The van der Waals surface area contributed by atoms with E-state index in [0.29, 0.717) is 18.3 Å². The average Bonchev–Trinajstić information content (AvgIpc) is 3.03. The molecule has 0 radical (unpaired) electrons. The predicted molar refractivity (Wildman–Crippen MR) is 92.8 cm³/mol. The van der Waals surface area contributed by atoms with Crippen molar-refractivity contribution >= 4 is 29.3 Å². The molecule has 2 amide bonds. The molecular formula is C17H23N3O2S. The third-order valence-electron chi connectivity index (χ3n) is 4.55. The number of likely N-dealkylation sites (tertiary alicyclic amines) is 1. The van der Waals surface area contributed by atoms with E-state index < -0.39 is 0 Å². The molecule has 1 N–H and O–H groups in total. The van der Waals surface area contributed by atoms with Crippen LogP contribution in [0.15, 0.2) is 29.2 Å². The summed E-state index contributed by atoms with van der Waals surface area (Å²) in [6, 6.07) is 8.20. The van der Waals surface area contributed by atoms with Gasteiger partial charge in [0.25, 0.3) is 0 Å². The van der Waals surface area contributed by atoms with E-state index in [4.69, 9.17) is 0 Å². The molecule has 6 heteroatoms. The van der Waals surface area contributed by atoms with Crippen molar-refractivity contribution in [1.29, 1.82) is 0 Å². The van der Waals surface area contributed by atoms with Gasteiger partial charge in [-0.05, 0) is 38.1 Å². The van der Waals surface area contributed by atoms with Gasteiger partial charge < -0.3 is 10.2 Å². The van der Waals surface area contributed by atoms with Crippen LogP contribution in [0.5, 0.6) is 0 Å². The van der Waals surface area contributed by atoms with E-state index in [-0.39, 0.29) is 18.4 Å². The highest BCUT2D eigenvalue weighted by Crippen LogP contribution is 2.34. The molecule has 2 aliphatic rings. The first-order chi connectivity index (χ1) is 11.2. The zero-order valence-corrected chi connectivity index (χ0v) is 14.3. The Morgan fingerprint density at radius 2 is 2.22 bits per heavy atom. The van der Waals surface area contributed by atoms with E-state index in [0.717, 1.165) is 30.1 Å². The summed E-state index contributed by atoms with van der Waals surface area (Å²) in [5.41, 5.74) is 0.847. The largest absolute Gasteiger partial charge is 0.353 e. The maximum Gasteiger partial charge on any atom is 0.240 e. The number of fused-ring (bicyclic) bond motifs is 1. The van der Waals surface area contributed by atoms with E-state index in [1.165, 1.54) is 18.2 Å². The summed E-state index contributed by atoms with van der Waals surface area (Å²) in [6.07, 6.45) is 2.33. The van der Waals surface area contributed by atoms with Crippen molar-refractivity contribution < 1.29 is 9.59 Å². The first kappa shape index (κ1) is 16.3. The molecular weight excluding hydrogens is 310 g/mol. The van der Waals surface area contributed by atoms with Gasteiger partial charge in [-0.25, -0.2) is 0 Å². The van der Waals surface area contributed by atoms with Gasteiger partial charge in [-0.2, -0.15) is 0 Å². The first-order valence-corrected chi connectivity index (χ1v) is 9.20. The van der Waals surface area contributed by atoms with Crippen LogP contribution in [-0.2, 0) is 9.59 Å². The summed E-state index contributed by atoms with van der Waals surface area (Å²) in [5.74, 6) is 0.319. The number of nitrogens with zero attached hydrogens (tertiary/aromatic N) is 2. The molecule has 0 aliphatic carbocycles. The summed E-state index contributed by atoms with van der Waals surface area (Å²) in [7, 11) is 0. The third-order valence-corrected chi connectivity index (χ3v) is 5.60. The number of carbonyl (C=O) groups is 2. The number of hydrogen-bond acceptors (Lipinski definition) is 4. The maximum atomic E-state index is 12.3. The Balaban J connectivity index is 1.58. The molecule has 2 aliphatic heterocycles. The number of para-hydroxylation sites is 1. The molecule has 0 bridgehead atoms. The number of thioether (sulfide) groups is 1. The minimum atomic E-state index is -0.0805. The second-order valence-corrected chi connectivity index (χ2v) is 6.98. The monoisotopic (exact) mass is 333 g/mol. The number of carbonyl (C=O) groups excluding carboxylic acids is 2. The van der Waals surface area contributed by atoms with E-state index in [1.54, 1.807) is 4.90 Å². The Morgan fingerprint density at radius 1 is 1.39 bits per heavy atom. The molecule has 23 heavy (non-hydrogen) atoms. The molecule has 0 unspecified atom stereocenters. The van der Waals surface area contributed by atoms with Crippen LogP contribution in [0.1, 0.15) is 19.8 Å². The molecule has 1 aromatic rings. The van der Waals surface area contributed by atoms with Gasteiger partial charge in [0.2, 0.25) is 11.8 Å². The Hall–Kier alpha value is -1.53.